The molecule has 1 aliphatic rings. The van der Waals surface area contributed by atoms with Gasteiger partial charge < -0.3 is 11.1 Å². The lowest BCUT2D eigenvalue weighted by Gasteiger charge is -2.29. The van der Waals surface area contributed by atoms with E-state index in [9.17, 15) is 4.79 Å². The van der Waals surface area contributed by atoms with Crippen molar-refractivity contribution in [3.8, 4) is 0 Å². The summed E-state index contributed by atoms with van der Waals surface area (Å²) in [6.45, 7) is 2.23. The van der Waals surface area contributed by atoms with Crippen LogP contribution in [0.3, 0.4) is 0 Å². The van der Waals surface area contributed by atoms with Gasteiger partial charge in [-0.05, 0) is 30.2 Å². The molecule has 2 atom stereocenters. The molecule has 0 radical (unpaired) electrons. The third-order valence-corrected chi connectivity index (χ3v) is 4.53. The molecule has 1 fully saturated rings. The molecule has 1 saturated carbocycles. The van der Waals surface area contributed by atoms with Crippen LogP contribution in [0.4, 0.5) is 5.69 Å². The molecular formula is C13H20N2OS. The number of nitrogens with one attached hydrogen (secondary N) is 1. The van der Waals surface area contributed by atoms with E-state index in [4.69, 9.17) is 5.73 Å². The van der Waals surface area contributed by atoms with Crippen LogP contribution in [-0.4, -0.2) is 11.9 Å². The van der Waals surface area contributed by atoms with Crippen LogP contribution in [0, 0.1) is 5.92 Å². The van der Waals surface area contributed by atoms with Gasteiger partial charge in [-0.2, -0.15) is 0 Å². The van der Waals surface area contributed by atoms with Gasteiger partial charge in [-0.25, -0.2) is 0 Å². The van der Waals surface area contributed by atoms with Gasteiger partial charge >= 0.3 is 0 Å². The molecule has 94 valence electrons. The zero-order valence-corrected chi connectivity index (χ0v) is 11.1. The van der Waals surface area contributed by atoms with Crippen molar-refractivity contribution >= 4 is 22.9 Å². The van der Waals surface area contributed by atoms with Crippen molar-refractivity contribution in [1.29, 1.82) is 0 Å². The van der Waals surface area contributed by atoms with Crippen molar-refractivity contribution in [2.75, 3.05) is 5.73 Å². The minimum Gasteiger partial charge on any atom is -0.397 e. The lowest BCUT2D eigenvalue weighted by atomic mass is 9.84. The minimum atomic E-state index is -0.000692. The van der Waals surface area contributed by atoms with Gasteiger partial charge in [0, 0.05) is 6.04 Å². The lowest BCUT2D eigenvalue weighted by molar-refractivity contribution is 0.0924. The summed E-state index contributed by atoms with van der Waals surface area (Å²) in [6, 6.07) is 2.12. The van der Waals surface area contributed by atoms with E-state index in [0.717, 1.165) is 18.8 Å². The smallest absolute Gasteiger partial charge is 0.263 e. The Morgan fingerprint density at radius 2 is 2.41 bits per heavy atom. The molecule has 0 saturated heterocycles. The Morgan fingerprint density at radius 3 is 3.06 bits per heavy atom. The van der Waals surface area contributed by atoms with E-state index in [-0.39, 0.29) is 5.91 Å². The zero-order chi connectivity index (χ0) is 12.3. The summed E-state index contributed by atoms with van der Waals surface area (Å²) in [5, 5.41) is 4.98. The maximum atomic E-state index is 12.0. The number of carbonyl (C=O) groups is 1. The van der Waals surface area contributed by atoms with Crippen LogP contribution in [-0.2, 0) is 0 Å². The fourth-order valence-electron chi connectivity index (χ4n) is 2.55. The van der Waals surface area contributed by atoms with Crippen molar-refractivity contribution in [2.24, 2.45) is 5.92 Å². The average molecular weight is 252 g/mol. The van der Waals surface area contributed by atoms with Crippen LogP contribution in [0.2, 0.25) is 0 Å². The second kappa shape index (κ2) is 5.54. The summed E-state index contributed by atoms with van der Waals surface area (Å²) < 4.78 is 0. The van der Waals surface area contributed by atoms with Crippen molar-refractivity contribution < 1.29 is 4.79 Å². The SMILES string of the molecule is CCC1CCCC(NC(=O)c2sccc2N)C1. The quantitative estimate of drug-likeness (QED) is 0.868. The van der Waals surface area contributed by atoms with Gasteiger partial charge in [-0.1, -0.05) is 26.2 Å². The van der Waals surface area contributed by atoms with Crippen molar-refractivity contribution in [3.63, 3.8) is 0 Å². The maximum absolute atomic E-state index is 12.0. The third kappa shape index (κ3) is 3.00. The normalized spacial score (nSPS) is 24.5. The number of hydrogen-bond donors (Lipinski definition) is 2. The van der Waals surface area contributed by atoms with E-state index in [1.165, 1.54) is 30.6 Å². The van der Waals surface area contributed by atoms with Crippen LogP contribution in [0.15, 0.2) is 11.4 Å². The standard InChI is InChI=1S/C13H20N2OS/c1-2-9-4-3-5-10(8-9)15-13(16)12-11(14)6-7-17-12/h6-7,9-10H,2-5,8,14H2,1H3,(H,15,16). The number of amides is 1. The molecule has 2 unspecified atom stereocenters. The van der Waals surface area contributed by atoms with E-state index in [0.29, 0.717) is 16.6 Å². The average Bonchev–Trinajstić information content (AvgIpc) is 2.76. The lowest BCUT2D eigenvalue weighted by Crippen LogP contribution is -2.38. The Morgan fingerprint density at radius 1 is 1.59 bits per heavy atom. The first kappa shape index (κ1) is 12.4. The second-order valence-corrected chi connectivity index (χ2v) is 5.73. The number of rotatable bonds is 3. The van der Waals surface area contributed by atoms with Crippen LogP contribution >= 0.6 is 11.3 Å². The number of nitrogens with two attached hydrogens (primary N) is 1. The number of thiophene rings is 1. The number of anilines is 1. The highest BCUT2D eigenvalue weighted by atomic mass is 32.1. The largest absolute Gasteiger partial charge is 0.397 e. The van der Waals surface area contributed by atoms with Gasteiger partial charge in [-0.15, -0.1) is 11.3 Å². The summed E-state index contributed by atoms with van der Waals surface area (Å²) in [7, 11) is 0. The van der Waals surface area contributed by atoms with Gasteiger partial charge in [0.2, 0.25) is 0 Å². The summed E-state index contributed by atoms with van der Waals surface area (Å²) in [6.07, 6.45) is 5.97. The van der Waals surface area contributed by atoms with Gasteiger partial charge in [0.25, 0.3) is 5.91 Å². The molecule has 0 spiro atoms. The molecular weight excluding hydrogens is 232 g/mol. The van der Waals surface area contributed by atoms with Gasteiger partial charge in [0.1, 0.15) is 4.88 Å². The summed E-state index contributed by atoms with van der Waals surface area (Å²) in [5.41, 5.74) is 6.34. The van der Waals surface area contributed by atoms with E-state index >= 15 is 0 Å². The molecule has 3 N–H and O–H groups in total. The summed E-state index contributed by atoms with van der Waals surface area (Å²) in [4.78, 5) is 12.7. The molecule has 0 bridgehead atoms. The van der Waals surface area contributed by atoms with Gasteiger partial charge in [-0.3, -0.25) is 4.79 Å². The first-order chi connectivity index (χ1) is 8.20. The molecule has 2 rings (SSSR count). The fourth-order valence-corrected chi connectivity index (χ4v) is 3.27. The Bertz CT molecular complexity index is 389. The van der Waals surface area contributed by atoms with E-state index < -0.39 is 0 Å². The Balaban J connectivity index is 1.93. The number of nitrogen functional groups attached to an aromatic ring is 1. The molecule has 1 aliphatic carbocycles. The summed E-state index contributed by atoms with van der Waals surface area (Å²) >= 11 is 1.42. The van der Waals surface area contributed by atoms with E-state index in [1.807, 2.05) is 5.38 Å². The van der Waals surface area contributed by atoms with E-state index in [2.05, 4.69) is 12.2 Å². The second-order valence-electron chi connectivity index (χ2n) is 4.82. The van der Waals surface area contributed by atoms with Crippen LogP contribution in [0.25, 0.3) is 0 Å². The molecule has 1 heterocycles. The third-order valence-electron chi connectivity index (χ3n) is 3.60. The predicted molar refractivity (Wildman–Crippen MR) is 72.2 cm³/mol. The molecule has 0 aromatic carbocycles. The van der Waals surface area contributed by atoms with Gasteiger partial charge in [0.05, 0.1) is 5.69 Å². The van der Waals surface area contributed by atoms with Crippen molar-refractivity contribution in [1.82, 2.24) is 5.32 Å². The summed E-state index contributed by atoms with van der Waals surface area (Å²) in [5.74, 6) is 0.772. The van der Waals surface area contributed by atoms with Gasteiger partial charge in [0.15, 0.2) is 0 Å². The fraction of sp³-hybridized carbons (Fsp3) is 0.615. The minimum absolute atomic E-state index is 0.000692. The molecule has 3 nitrogen and oxygen atoms in total. The Labute approximate surface area is 106 Å². The predicted octanol–water partition coefficient (Wildman–Crippen LogP) is 3.03. The Hall–Kier alpha value is -1.03. The van der Waals surface area contributed by atoms with Crippen molar-refractivity contribution in [3.05, 3.63) is 16.3 Å². The van der Waals surface area contributed by atoms with Crippen LogP contribution in [0.5, 0.6) is 0 Å². The topological polar surface area (TPSA) is 55.1 Å². The van der Waals surface area contributed by atoms with Crippen molar-refractivity contribution in [2.45, 2.75) is 45.1 Å². The highest BCUT2D eigenvalue weighted by Crippen LogP contribution is 2.27. The molecule has 4 heteroatoms. The molecule has 1 amide bonds. The molecule has 17 heavy (non-hydrogen) atoms. The Kier molecular flexibility index (Phi) is 4.05. The number of hydrogen-bond acceptors (Lipinski definition) is 3. The van der Waals surface area contributed by atoms with E-state index in [1.54, 1.807) is 6.07 Å². The highest BCUT2D eigenvalue weighted by molar-refractivity contribution is 7.12. The maximum Gasteiger partial charge on any atom is 0.263 e. The molecule has 0 aliphatic heterocycles. The molecule has 1 aromatic rings. The molecule has 1 aromatic heterocycles. The number of carbonyl (C=O) groups excluding carboxylic acids is 1. The monoisotopic (exact) mass is 252 g/mol. The first-order valence-corrected chi connectivity index (χ1v) is 7.22. The highest BCUT2D eigenvalue weighted by Gasteiger charge is 2.23. The zero-order valence-electron chi connectivity index (χ0n) is 10.2. The van der Waals surface area contributed by atoms with Crippen LogP contribution in [0.1, 0.15) is 48.7 Å². The first-order valence-electron chi connectivity index (χ1n) is 6.34. The van der Waals surface area contributed by atoms with Crippen LogP contribution < -0.4 is 11.1 Å².